The maximum atomic E-state index is 11.5. The minimum absolute atomic E-state index is 0.693. The van der Waals surface area contributed by atoms with Crippen LogP contribution in [-0.4, -0.2) is 6.29 Å². The van der Waals surface area contributed by atoms with E-state index in [1.807, 2.05) is 49.4 Å². The number of aryl methyl sites for hydroxylation is 1. The maximum Gasteiger partial charge on any atom is 0.150 e. The first-order chi connectivity index (χ1) is 9.70. The van der Waals surface area contributed by atoms with Crippen LogP contribution < -0.4 is 0 Å². The molecule has 0 saturated heterocycles. The Hall–Kier alpha value is -2.12. The summed E-state index contributed by atoms with van der Waals surface area (Å²) in [6.07, 6.45) is 0.936. The third-order valence-corrected chi connectivity index (χ3v) is 3.80. The monoisotopic (exact) mass is 280 g/mol. The second-order valence-electron chi connectivity index (χ2n) is 4.83. The summed E-state index contributed by atoms with van der Waals surface area (Å²) in [6.45, 7) is 1.97. The van der Waals surface area contributed by atoms with Crippen molar-refractivity contribution in [3.8, 4) is 11.1 Å². The molecule has 0 aliphatic carbocycles. The van der Waals surface area contributed by atoms with Gasteiger partial charge in [0.05, 0.1) is 0 Å². The highest BCUT2D eigenvalue weighted by Gasteiger charge is 2.12. The van der Waals surface area contributed by atoms with E-state index in [2.05, 4.69) is 12.1 Å². The average Bonchev–Trinajstić information content (AvgIpc) is 2.47. The molecule has 0 aliphatic rings. The van der Waals surface area contributed by atoms with Gasteiger partial charge < -0.3 is 0 Å². The molecule has 0 saturated carbocycles. The van der Waals surface area contributed by atoms with Gasteiger partial charge in [0.2, 0.25) is 0 Å². The molecular formula is C18H13ClO. The van der Waals surface area contributed by atoms with Crippen LogP contribution in [0, 0.1) is 6.92 Å². The molecule has 0 spiro atoms. The van der Waals surface area contributed by atoms with Gasteiger partial charge in [0.1, 0.15) is 0 Å². The Kier molecular flexibility index (Phi) is 3.29. The van der Waals surface area contributed by atoms with Crippen LogP contribution >= 0.6 is 11.6 Å². The Labute approximate surface area is 122 Å². The van der Waals surface area contributed by atoms with Crippen molar-refractivity contribution in [3.63, 3.8) is 0 Å². The number of carbonyl (C=O) groups excluding carboxylic acids is 1. The molecule has 0 aliphatic heterocycles. The summed E-state index contributed by atoms with van der Waals surface area (Å²) in [4.78, 5) is 11.5. The molecule has 20 heavy (non-hydrogen) atoms. The number of hydrogen-bond acceptors (Lipinski definition) is 1. The largest absolute Gasteiger partial charge is 0.298 e. The van der Waals surface area contributed by atoms with E-state index in [0.717, 1.165) is 39.3 Å². The molecule has 0 N–H and O–H groups in total. The van der Waals surface area contributed by atoms with E-state index in [0.29, 0.717) is 5.02 Å². The average molecular weight is 281 g/mol. The highest BCUT2D eigenvalue weighted by molar-refractivity contribution is 6.30. The molecule has 2 heteroatoms. The van der Waals surface area contributed by atoms with Crippen LogP contribution in [0.3, 0.4) is 0 Å². The van der Waals surface area contributed by atoms with Crippen molar-refractivity contribution in [1.82, 2.24) is 0 Å². The topological polar surface area (TPSA) is 17.1 Å². The van der Waals surface area contributed by atoms with Gasteiger partial charge in [-0.25, -0.2) is 0 Å². The van der Waals surface area contributed by atoms with E-state index < -0.39 is 0 Å². The number of carbonyl (C=O) groups is 1. The third-order valence-electron chi connectivity index (χ3n) is 3.55. The fourth-order valence-corrected chi connectivity index (χ4v) is 2.71. The van der Waals surface area contributed by atoms with Crippen molar-refractivity contribution in [1.29, 1.82) is 0 Å². The Morgan fingerprint density at radius 3 is 2.40 bits per heavy atom. The molecule has 0 aromatic heterocycles. The van der Waals surface area contributed by atoms with Crippen LogP contribution in [-0.2, 0) is 0 Å². The number of rotatable bonds is 2. The quantitative estimate of drug-likeness (QED) is 0.584. The fourth-order valence-electron chi connectivity index (χ4n) is 2.58. The number of hydrogen-bond donors (Lipinski definition) is 0. The first-order valence-corrected chi connectivity index (χ1v) is 6.82. The molecule has 0 unspecified atom stereocenters. The lowest BCUT2D eigenvalue weighted by molar-refractivity contribution is 0.112. The third kappa shape index (κ3) is 2.10. The Morgan fingerprint density at radius 2 is 1.70 bits per heavy atom. The minimum Gasteiger partial charge on any atom is -0.298 e. The van der Waals surface area contributed by atoms with Crippen LogP contribution in [0.25, 0.3) is 21.9 Å². The van der Waals surface area contributed by atoms with Gasteiger partial charge in [-0.2, -0.15) is 0 Å². The van der Waals surface area contributed by atoms with Crippen molar-refractivity contribution in [2.45, 2.75) is 6.92 Å². The van der Waals surface area contributed by atoms with Crippen molar-refractivity contribution >= 4 is 28.7 Å². The summed E-state index contributed by atoms with van der Waals surface area (Å²) in [6, 6.07) is 17.8. The SMILES string of the molecule is Cc1cc2ccccc2c(-c2ccc(Cl)cc2)c1C=O. The van der Waals surface area contributed by atoms with Crippen molar-refractivity contribution in [3.05, 3.63) is 70.7 Å². The van der Waals surface area contributed by atoms with Gasteiger partial charge in [0, 0.05) is 16.1 Å². The smallest absolute Gasteiger partial charge is 0.150 e. The van der Waals surface area contributed by atoms with Gasteiger partial charge in [0.25, 0.3) is 0 Å². The number of halogens is 1. The molecule has 0 radical (unpaired) electrons. The molecule has 0 atom stereocenters. The Morgan fingerprint density at radius 1 is 1.00 bits per heavy atom. The lowest BCUT2D eigenvalue weighted by atomic mass is 9.91. The van der Waals surface area contributed by atoms with Crippen LogP contribution in [0.2, 0.25) is 5.02 Å². The van der Waals surface area contributed by atoms with Gasteiger partial charge in [-0.05, 0) is 41.0 Å². The van der Waals surface area contributed by atoms with E-state index in [4.69, 9.17) is 11.6 Å². The highest BCUT2D eigenvalue weighted by Crippen LogP contribution is 2.34. The van der Waals surface area contributed by atoms with E-state index in [1.165, 1.54) is 0 Å². The van der Waals surface area contributed by atoms with Gasteiger partial charge in [-0.3, -0.25) is 4.79 Å². The molecule has 0 fully saturated rings. The summed E-state index contributed by atoms with van der Waals surface area (Å²) in [5, 5.41) is 2.92. The molecule has 3 rings (SSSR count). The first kappa shape index (κ1) is 12.9. The molecule has 0 heterocycles. The van der Waals surface area contributed by atoms with E-state index in [9.17, 15) is 4.79 Å². The normalized spacial score (nSPS) is 10.7. The van der Waals surface area contributed by atoms with Gasteiger partial charge in [0.15, 0.2) is 6.29 Å². The summed E-state index contributed by atoms with van der Waals surface area (Å²) < 4.78 is 0. The lowest BCUT2D eigenvalue weighted by Crippen LogP contribution is -1.94. The number of fused-ring (bicyclic) bond motifs is 1. The van der Waals surface area contributed by atoms with E-state index in [-0.39, 0.29) is 0 Å². The minimum atomic E-state index is 0.693. The highest BCUT2D eigenvalue weighted by atomic mass is 35.5. The summed E-state index contributed by atoms with van der Waals surface area (Å²) in [5.41, 5.74) is 3.72. The predicted molar refractivity (Wildman–Crippen MR) is 84.5 cm³/mol. The Balaban J connectivity index is 2.42. The van der Waals surface area contributed by atoms with Crippen molar-refractivity contribution in [2.24, 2.45) is 0 Å². The van der Waals surface area contributed by atoms with Gasteiger partial charge in [-0.1, -0.05) is 54.1 Å². The van der Waals surface area contributed by atoms with Crippen molar-refractivity contribution in [2.75, 3.05) is 0 Å². The Bertz CT molecular complexity index is 788. The van der Waals surface area contributed by atoms with Gasteiger partial charge >= 0.3 is 0 Å². The van der Waals surface area contributed by atoms with Crippen molar-refractivity contribution < 1.29 is 4.79 Å². The molecule has 3 aromatic carbocycles. The maximum absolute atomic E-state index is 11.5. The molecular weight excluding hydrogens is 268 g/mol. The second kappa shape index (κ2) is 5.10. The second-order valence-corrected chi connectivity index (χ2v) is 5.26. The van der Waals surface area contributed by atoms with Crippen LogP contribution in [0.4, 0.5) is 0 Å². The molecule has 0 bridgehead atoms. The first-order valence-electron chi connectivity index (χ1n) is 6.44. The molecule has 0 amide bonds. The number of benzene rings is 3. The lowest BCUT2D eigenvalue weighted by Gasteiger charge is -2.13. The zero-order valence-electron chi connectivity index (χ0n) is 11.1. The van der Waals surface area contributed by atoms with E-state index in [1.54, 1.807) is 0 Å². The van der Waals surface area contributed by atoms with Gasteiger partial charge in [-0.15, -0.1) is 0 Å². The summed E-state index contributed by atoms with van der Waals surface area (Å²) >= 11 is 5.95. The summed E-state index contributed by atoms with van der Waals surface area (Å²) in [5.74, 6) is 0. The standard InChI is InChI=1S/C18H13ClO/c1-12-10-14-4-2-3-5-16(14)18(17(12)11-20)13-6-8-15(19)9-7-13/h2-11H,1H3. The van der Waals surface area contributed by atoms with Crippen LogP contribution in [0.1, 0.15) is 15.9 Å². The molecule has 3 aromatic rings. The van der Waals surface area contributed by atoms with E-state index >= 15 is 0 Å². The number of aldehydes is 1. The van der Waals surface area contributed by atoms with Crippen LogP contribution in [0.15, 0.2) is 54.6 Å². The molecule has 1 nitrogen and oxygen atoms in total. The predicted octanol–water partition coefficient (Wildman–Crippen LogP) is 5.28. The van der Waals surface area contributed by atoms with Crippen LogP contribution in [0.5, 0.6) is 0 Å². The fraction of sp³-hybridized carbons (Fsp3) is 0.0556. The zero-order valence-corrected chi connectivity index (χ0v) is 11.8. The molecule has 98 valence electrons. The zero-order chi connectivity index (χ0) is 14.1. The summed E-state index contributed by atoms with van der Waals surface area (Å²) in [7, 11) is 0.